The number of pyridine rings is 1. The lowest BCUT2D eigenvalue weighted by atomic mass is 9.91. The van der Waals surface area contributed by atoms with Crippen LogP contribution in [-0.2, 0) is 4.79 Å². The molecule has 4 heteroatoms. The summed E-state index contributed by atoms with van der Waals surface area (Å²) < 4.78 is 0. The van der Waals surface area contributed by atoms with Crippen LogP contribution in [0.5, 0.6) is 0 Å². The predicted octanol–water partition coefficient (Wildman–Crippen LogP) is 4.10. The first-order valence-electron chi connectivity index (χ1n) is 9.63. The zero-order chi connectivity index (χ0) is 17.2. The summed E-state index contributed by atoms with van der Waals surface area (Å²) in [4.78, 5) is 19.4. The number of nitrogens with two attached hydrogens (primary N) is 1. The third-order valence-electron chi connectivity index (χ3n) is 5.96. The van der Waals surface area contributed by atoms with Crippen LogP contribution in [0, 0.1) is 5.92 Å². The van der Waals surface area contributed by atoms with Crippen molar-refractivity contribution in [2.24, 2.45) is 5.92 Å². The number of amides is 1. The van der Waals surface area contributed by atoms with Gasteiger partial charge in [0.25, 0.3) is 0 Å². The van der Waals surface area contributed by atoms with Crippen molar-refractivity contribution in [3.05, 3.63) is 36.0 Å². The molecular weight excluding hydrogens is 310 g/mol. The summed E-state index contributed by atoms with van der Waals surface area (Å²) in [6.45, 7) is 1.67. The molecule has 0 unspecified atom stereocenters. The van der Waals surface area contributed by atoms with Gasteiger partial charge in [-0.25, -0.2) is 0 Å². The predicted molar refractivity (Wildman–Crippen MR) is 101 cm³/mol. The zero-order valence-corrected chi connectivity index (χ0v) is 14.8. The number of nitrogen functional groups attached to an aromatic ring is 1. The highest BCUT2D eigenvalue weighted by Crippen LogP contribution is 2.33. The van der Waals surface area contributed by atoms with Crippen LogP contribution in [0.3, 0.4) is 0 Å². The maximum atomic E-state index is 12.5. The topological polar surface area (TPSA) is 59.2 Å². The van der Waals surface area contributed by atoms with E-state index in [0.29, 0.717) is 17.7 Å². The highest BCUT2D eigenvalue weighted by molar-refractivity contribution is 5.82. The second kappa shape index (κ2) is 7.03. The number of hydrogen-bond acceptors (Lipinski definition) is 3. The monoisotopic (exact) mass is 337 g/mol. The first kappa shape index (κ1) is 16.4. The Morgan fingerprint density at radius 2 is 1.84 bits per heavy atom. The largest absolute Gasteiger partial charge is 0.397 e. The van der Waals surface area contributed by atoms with E-state index in [4.69, 9.17) is 10.7 Å². The molecule has 0 bridgehead atoms. The fourth-order valence-corrected chi connectivity index (χ4v) is 4.47. The molecule has 2 aromatic rings. The van der Waals surface area contributed by atoms with Gasteiger partial charge in [-0.1, -0.05) is 31.0 Å². The van der Waals surface area contributed by atoms with Gasteiger partial charge < -0.3 is 10.6 Å². The van der Waals surface area contributed by atoms with Gasteiger partial charge in [0.2, 0.25) is 5.91 Å². The minimum atomic E-state index is 0.352. The molecule has 1 aromatic carbocycles. The molecule has 4 nitrogen and oxygen atoms in total. The van der Waals surface area contributed by atoms with Crippen molar-refractivity contribution in [2.75, 3.05) is 18.8 Å². The summed E-state index contributed by atoms with van der Waals surface area (Å²) in [5.41, 5.74) is 9.09. The number of fused-ring (bicyclic) bond motifs is 1. The van der Waals surface area contributed by atoms with Gasteiger partial charge in [-0.05, 0) is 43.7 Å². The van der Waals surface area contributed by atoms with Crippen LogP contribution in [0.1, 0.15) is 56.6 Å². The molecule has 25 heavy (non-hydrogen) atoms. The average Bonchev–Trinajstić information content (AvgIpc) is 3.14. The van der Waals surface area contributed by atoms with Crippen LogP contribution in [-0.4, -0.2) is 28.9 Å². The van der Waals surface area contributed by atoms with Gasteiger partial charge in [0, 0.05) is 30.8 Å². The lowest BCUT2D eigenvalue weighted by Crippen LogP contribution is -2.38. The molecule has 1 aliphatic carbocycles. The Morgan fingerprint density at radius 1 is 1.12 bits per heavy atom. The van der Waals surface area contributed by atoms with E-state index in [1.54, 1.807) is 0 Å². The number of anilines is 1. The van der Waals surface area contributed by atoms with Gasteiger partial charge in [0.1, 0.15) is 0 Å². The van der Waals surface area contributed by atoms with Crippen molar-refractivity contribution in [2.45, 2.75) is 50.9 Å². The number of carbonyl (C=O) groups excluding carboxylic acids is 1. The summed E-state index contributed by atoms with van der Waals surface area (Å²) in [5.74, 6) is 1.34. The second-order valence-corrected chi connectivity index (χ2v) is 7.67. The van der Waals surface area contributed by atoms with Gasteiger partial charge in [-0.15, -0.1) is 0 Å². The van der Waals surface area contributed by atoms with E-state index < -0.39 is 0 Å². The average molecular weight is 337 g/mol. The van der Waals surface area contributed by atoms with Gasteiger partial charge in [-0.2, -0.15) is 0 Å². The molecule has 0 atom stereocenters. The Kier molecular flexibility index (Phi) is 4.60. The first-order chi connectivity index (χ1) is 12.2. The molecular formula is C21H27N3O. The van der Waals surface area contributed by atoms with Crippen LogP contribution < -0.4 is 5.73 Å². The lowest BCUT2D eigenvalue weighted by molar-refractivity contribution is -0.133. The molecule has 2 N–H and O–H groups in total. The number of hydrogen-bond donors (Lipinski definition) is 1. The standard InChI is InChI=1S/C21H27N3O/c22-18-14-17-7-3-4-8-19(17)23-21(18)16-9-11-24(12-10-16)20(25)13-15-5-1-2-6-15/h3-4,7-8,14-16H,1-2,5-6,9-13,22H2. The minimum Gasteiger partial charge on any atom is -0.397 e. The number of para-hydroxylation sites is 1. The lowest BCUT2D eigenvalue weighted by Gasteiger charge is -2.33. The normalized spacial score (nSPS) is 19.6. The summed E-state index contributed by atoms with van der Waals surface area (Å²) in [6, 6.07) is 10.2. The molecule has 4 rings (SSSR count). The Hall–Kier alpha value is -2.10. The maximum Gasteiger partial charge on any atom is 0.222 e. The Labute approximate surface area is 149 Å². The van der Waals surface area contributed by atoms with E-state index in [9.17, 15) is 4.79 Å². The number of aromatic nitrogens is 1. The van der Waals surface area contributed by atoms with E-state index in [2.05, 4.69) is 4.90 Å². The summed E-state index contributed by atoms with van der Waals surface area (Å²) >= 11 is 0. The molecule has 1 amide bonds. The third-order valence-corrected chi connectivity index (χ3v) is 5.96. The van der Waals surface area contributed by atoms with Crippen LogP contribution in [0.25, 0.3) is 10.9 Å². The van der Waals surface area contributed by atoms with Crippen molar-refractivity contribution in [3.63, 3.8) is 0 Å². The van der Waals surface area contributed by atoms with Gasteiger partial charge >= 0.3 is 0 Å². The van der Waals surface area contributed by atoms with Crippen LogP contribution in [0.2, 0.25) is 0 Å². The van der Waals surface area contributed by atoms with Crippen LogP contribution in [0.4, 0.5) is 5.69 Å². The van der Waals surface area contributed by atoms with Gasteiger partial charge in [0.15, 0.2) is 0 Å². The van der Waals surface area contributed by atoms with Gasteiger partial charge in [0.05, 0.1) is 16.9 Å². The zero-order valence-electron chi connectivity index (χ0n) is 14.8. The SMILES string of the molecule is Nc1cc2ccccc2nc1C1CCN(C(=O)CC2CCCC2)CC1. The van der Waals surface area contributed by atoms with Crippen molar-refractivity contribution >= 4 is 22.5 Å². The summed E-state index contributed by atoms with van der Waals surface area (Å²) in [5, 5.41) is 1.09. The molecule has 1 aromatic heterocycles. The van der Waals surface area contributed by atoms with Crippen LogP contribution >= 0.6 is 0 Å². The fraction of sp³-hybridized carbons (Fsp3) is 0.524. The molecule has 1 aliphatic heterocycles. The minimum absolute atomic E-state index is 0.352. The number of likely N-dealkylation sites (tertiary alicyclic amines) is 1. The maximum absolute atomic E-state index is 12.5. The molecule has 2 fully saturated rings. The van der Waals surface area contributed by atoms with E-state index in [-0.39, 0.29) is 0 Å². The van der Waals surface area contributed by atoms with Crippen molar-refractivity contribution in [1.29, 1.82) is 0 Å². The highest BCUT2D eigenvalue weighted by Gasteiger charge is 2.28. The van der Waals surface area contributed by atoms with Crippen LogP contribution in [0.15, 0.2) is 30.3 Å². The molecule has 132 valence electrons. The van der Waals surface area contributed by atoms with E-state index in [0.717, 1.165) is 54.6 Å². The number of piperidine rings is 1. The Morgan fingerprint density at radius 3 is 2.60 bits per heavy atom. The summed E-state index contributed by atoms with van der Waals surface area (Å²) in [6.07, 6.45) is 7.75. The molecule has 2 heterocycles. The Balaban J connectivity index is 1.41. The number of nitrogens with zero attached hydrogens (tertiary/aromatic N) is 2. The molecule has 1 saturated carbocycles. The van der Waals surface area contributed by atoms with E-state index in [1.165, 1.54) is 25.7 Å². The number of rotatable bonds is 3. The Bertz CT molecular complexity index is 759. The second-order valence-electron chi connectivity index (χ2n) is 7.67. The molecule has 1 saturated heterocycles. The first-order valence-corrected chi connectivity index (χ1v) is 9.63. The van der Waals surface area contributed by atoms with E-state index >= 15 is 0 Å². The third kappa shape index (κ3) is 3.48. The molecule has 2 aliphatic rings. The van der Waals surface area contributed by atoms with Crippen molar-refractivity contribution in [1.82, 2.24) is 9.88 Å². The number of benzene rings is 1. The number of carbonyl (C=O) groups is 1. The molecule has 0 spiro atoms. The highest BCUT2D eigenvalue weighted by atomic mass is 16.2. The smallest absolute Gasteiger partial charge is 0.222 e. The van der Waals surface area contributed by atoms with Crippen molar-refractivity contribution in [3.8, 4) is 0 Å². The summed E-state index contributed by atoms with van der Waals surface area (Å²) in [7, 11) is 0. The van der Waals surface area contributed by atoms with Crippen molar-refractivity contribution < 1.29 is 4.79 Å². The van der Waals surface area contributed by atoms with Gasteiger partial charge in [-0.3, -0.25) is 9.78 Å². The molecule has 0 radical (unpaired) electrons. The quantitative estimate of drug-likeness (QED) is 0.917. The van der Waals surface area contributed by atoms with E-state index in [1.807, 2.05) is 30.3 Å². The fourth-order valence-electron chi connectivity index (χ4n) is 4.47.